The van der Waals surface area contributed by atoms with Crippen molar-refractivity contribution in [2.75, 3.05) is 5.32 Å². The second-order valence-electron chi connectivity index (χ2n) is 7.13. The average Bonchev–Trinajstić information content (AvgIpc) is 2.86. The maximum absolute atomic E-state index is 13.4. The maximum atomic E-state index is 13.4. The minimum absolute atomic E-state index is 0.0496. The van der Waals surface area contributed by atoms with Crippen LogP contribution < -0.4 is 10.6 Å². The molecule has 0 bridgehead atoms. The van der Waals surface area contributed by atoms with Crippen LogP contribution in [0.3, 0.4) is 0 Å². The Morgan fingerprint density at radius 3 is 2.31 bits per heavy atom. The van der Waals surface area contributed by atoms with Crippen molar-refractivity contribution in [2.45, 2.75) is 33.2 Å². The van der Waals surface area contributed by atoms with Crippen molar-refractivity contribution in [1.29, 1.82) is 0 Å². The van der Waals surface area contributed by atoms with Crippen molar-refractivity contribution in [3.05, 3.63) is 52.3 Å². The van der Waals surface area contributed by atoms with Crippen molar-refractivity contribution in [3.63, 3.8) is 0 Å². The lowest BCUT2D eigenvalue weighted by molar-refractivity contribution is -0.118. The van der Waals surface area contributed by atoms with E-state index >= 15 is 0 Å². The van der Waals surface area contributed by atoms with E-state index in [1.165, 1.54) is 17.6 Å². The summed E-state index contributed by atoms with van der Waals surface area (Å²) in [6.45, 7) is 6.27. The predicted molar refractivity (Wildman–Crippen MR) is 105 cm³/mol. The van der Waals surface area contributed by atoms with Gasteiger partial charge in [-0.15, -0.1) is 6.42 Å². The number of aromatic nitrogens is 1. The summed E-state index contributed by atoms with van der Waals surface area (Å²) in [7, 11) is 1.56. The van der Waals surface area contributed by atoms with Crippen LogP contribution in [-0.2, 0) is 11.8 Å². The lowest BCUT2D eigenvalue weighted by Crippen LogP contribution is -2.45. The molecule has 0 radical (unpaired) electrons. The molecule has 2 aromatic rings. The van der Waals surface area contributed by atoms with Crippen molar-refractivity contribution < 1.29 is 23.2 Å². The first kappa shape index (κ1) is 21.8. The van der Waals surface area contributed by atoms with Gasteiger partial charge in [0.1, 0.15) is 5.69 Å². The number of halogens is 2. The normalized spacial score (nSPS) is 11.0. The molecule has 6 nitrogen and oxygen atoms in total. The molecule has 1 aromatic heterocycles. The molecule has 0 aliphatic heterocycles. The first-order valence-electron chi connectivity index (χ1n) is 8.66. The van der Waals surface area contributed by atoms with Gasteiger partial charge in [0.2, 0.25) is 0 Å². The van der Waals surface area contributed by atoms with Gasteiger partial charge >= 0.3 is 0 Å². The Morgan fingerprint density at radius 1 is 1.14 bits per heavy atom. The van der Waals surface area contributed by atoms with Gasteiger partial charge in [-0.05, 0) is 45.4 Å². The average molecular weight is 401 g/mol. The number of nitrogens with zero attached hydrogens (tertiary/aromatic N) is 1. The van der Waals surface area contributed by atoms with Gasteiger partial charge in [-0.25, -0.2) is 8.78 Å². The Morgan fingerprint density at radius 2 is 1.76 bits per heavy atom. The Kier molecular flexibility index (Phi) is 5.93. The summed E-state index contributed by atoms with van der Waals surface area (Å²) in [6.07, 6.45) is 5.33. The molecule has 0 saturated carbocycles. The van der Waals surface area contributed by atoms with E-state index in [0.29, 0.717) is 5.69 Å². The largest absolute Gasteiger partial charge is 0.343 e. The molecule has 0 unspecified atom stereocenters. The molecule has 152 valence electrons. The third-order valence-electron chi connectivity index (χ3n) is 4.54. The summed E-state index contributed by atoms with van der Waals surface area (Å²) in [5.41, 5.74) is -0.0994. The number of benzene rings is 1. The second kappa shape index (κ2) is 7.87. The summed E-state index contributed by atoms with van der Waals surface area (Å²) in [5.74, 6) is -2.13. The molecule has 2 N–H and O–H groups in total. The van der Waals surface area contributed by atoms with Gasteiger partial charge in [0.15, 0.2) is 11.6 Å². The summed E-state index contributed by atoms with van der Waals surface area (Å²) in [5, 5.41) is 4.92. The SMILES string of the molecule is C#CC(C)(C)NC(=O)C(=O)c1c(C)c(C(=O)Nc2ccc(F)c(F)c2)n(C)c1C. The van der Waals surface area contributed by atoms with Gasteiger partial charge in [0.05, 0.1) is 11.1 Å². The Balaban J connectivity index is 2.38. The van der Waals surface area contributed by atoms with E-state index in [9.17, 15) is 23.2 Å². The fourth-order valence-electron chi connectivity index (χ4n) is 2.89. The van der Waals surface area contributed by atoms with E-state index in [4.69, 9.17) is 6.42 Å². The number of hydrogen-bond acceptors (Lipinski definition) is 3. The van der Waals surface area contributed by atoms with Crippen LogP contribution >= 0.6 is 0 Å². The minimum Gasteiger partial charge on any atom is -0.343 e. The molecule has 1 aromatic carbocycles. The number of carbonyl (C=O) groups is 3. The fraction of sp³-hybridized carbons (Fsp3) is 0.286. The number of rotatable bonds is 5. The Bertz CT molecular complexity index is 1060. The molecule has 2 amide bonds. The van der Waals surface area contributed by atoms with Crippen LogP contribution in [0.15, 0.2) is 18.2 Å². The van der Waals surface area contributed by atoms with Crippen molar-refractivity contribution in [2.24, 2.45) is 7.05 Å². The number of nitrogens with one attached hydrogen (secondary N) is 2. The van der Waals surface area contributed by atoms with Crippen LogP contribution in [-0.4, -0.2) is 27.7 Å². The van der Waals surface area contributed by atoms with Crippen molar-refractivity contribution >= 4 is 23.3 Å². The van der Waals surface area contributed by atoms with Crippen LogP contribution in [0.4, 0.5) is 14.5 Å². The van der Waals surface area contributed by atoms with Crippen LogP contribution in [0, 0.1) is 37.8 Å². The van der Waals surface area contributed by atoms with Gasteiger partial charge < -0.3 is 15.2 Å². The van der Waals surface area contributed by atoms with E-state index < -0.39 is 34.8 Å². The van der Waals surface area contributed by atoms with Gasteiger partial charge in [-0.2, -0.15) is 0 Å². The molecule has 29 heavy (non-hydrogen) atoms. The standard InChI is InChI=1S/C21H21F2N3O3/c1-7-21(4,5)25-20(29)18(27)16-11(2)17(26(6)12(16)3)19(28)24-13-8-9-14(22)15(23)10-13/h1,8-10H,2-6H3,(H,24,28)(H,25,29). The molecular weight excluding hydrogens is 380 g/mol. The summed E-state index contributed by atoms with van der Waals surface area (Å²) >= 11 is 0. The summed E-state index contributed by atoms with van der Waals surface area (Å²) in [6, 6.07) is 2.95. The van der Waals surface area contributed by atoms with Gasteiger partial charge in [0, 0.05) is 24.5 Å². The zero-order chi connectivity index (χ0) is 22.1. The van der Waals surface area contributed by atoms with Gasteiger partial charge in [-0.1, -0.05) is 5.92 Å². The van der Waals surface area contributed by atoms with Gasteiger partial charge in [-0.3, -0.25) is 14.4 Å². The van der Waals surface area contributed by atoms with E-state index in [2.05, 4.69) is 16.6 Å². The highest BCUT2D eigenvalue weighted by molar-refractivity contribution is 6.43. The lowest BCUT2D eigenvalue weighted by Gasteiger charge is -2.18. The second-order valence-corrected chi connectivity index (χ2v) is 7.13. The number of carbonyl (C=O) groups excluding carboxylic acids is 3. The first-order chi connectivity index (χ1) is 13.4. The van der Waals surface area contributed by atoms with Crippen molar-refractivity contribution in [3.8, 4) is 12.3 Å². The Hall–Kier alpha value is -3.47. The van der Waals surface area contributed by atoms with Gasteiger partial charge in [0.25, 0.3) is 17.6 Å². The van der Waals surface area contributed by atoms with Crippen LogP contribution in [0.2, 0.25) is 0 Å². The van der Waals surface area contributed by atoms with Crippen LogP contribution in [0.25, 0.3) is 0 Å². The van der Waals surface area contributed by atoms with Crippen LogP contribution in [0.1, 0.15) is 46.0 Å². The zero-order valence-electron chi connectivity index (χ0n) is 16.7. The number of terminal acetylenes is 1. The smallest absolute Gasteiger partial charge is 0.293 e. The summed E-state index contributed by atoms with van der Waals surface area (Å²) < 4.78 is 27.9. The van der Waals surface area contributed by atoms with Crippen molar-refractivity contribution in [1.82, 2.24) is 9.88 Å². The fourth-order valence-corrected chi connectivity index (χ4v) is 2.89. The number of anilines is 1. The van der Waals surface area contributed by atoms with E-state index in [0.717, 1.165) is 12.1 Å². The topological polar surface area (TPSA) is 80.2 Å². The molecule has 0 aliphatic carbocycles. The van der Waals surface area contributed by atoms with E-state index in [1.807, 2.05) is 0 Å². The molecule has 2 rings (SSSR count). The molecule has 0 atom stereocenters. The minimum atomic E-state index is -1.11. The highest BCUT2D eigenvalue weighted by Gasteiger charge is 2.30. The number of Topliss-reactive ketones (excluding diaryl/α,β-unsaturated/α-hetero) is 1. The van der Waals surface area contributed by atoms with E-state index in [1.54, 1.807) is 27.8 Å². The molecule has 0 aliphatic rings. The van der Waals surface area contributed by atoms with E-state index in [-0.39, 0.29) is 22.5 Å². The Labute approximate surface area is 167 Å². The molecule has 0 spiro atoms. The molecular formula is C21H21F2N3O3. The lowest BCUT2D eigenvalue weighted by atomic mass is 10.0. The third kappa shape index (κ3) is 4.35. The highest BCUT2D eigenvalue weighted by Crippen LogP contribution is 2.23. The zero-order valence-corrected chi connectivity index (χ0v) is 16.7. The highest BCUT2D eigenvalue weighted by atomic mass is 19.2. The quantitative estimate of drug-likeness (QED) is 0.459. The number of ketones is 1. The summed E-state index contributed by atoms with van der Waals surface area (Å²) in [4.78, 5) is 37.7. The predicted octanol–water partition coefficient (Wildman–Crippen LogP) is 2.88. The molecule has 0 saturated heterocycles. The number of amides is 2. The van der Waals surface area contributed by atoms with Crippen LogP contribution in [0.5, 0.6) is 0 Å². The molecule has 1 heterocycles. The number of hydrogen-bond donors (Lipinski definition) is 2. The first-order valence-corrected chi connectivity index (χ1v) is 8.66. The monoisotopic (exact) mass is 401 g/mol. The molecule has 0 fully saturated rings. The molecule has 8 heteroatoms. The third-order valence-corrected chi connectivity index (χ3v) is 4.54. The maximum Gasteiger partial charge on any atom is 0.293 e.